The summed E-state index contributed by atoms with van der Waals surface area (Å²) in [6.07, 6.45) is 0.451. The van der Waals surface area contributed by atoms with Crippen molar-refractivity contribution in [3.05, 3.63) is 17.7 Å². The Bertz CT molecular complexity index is 388. The first-order chi connectivity index (χ1) is 8.04. The van der Waals surface area contributed by atoms with Crippen LogP contribution in [0.2, 0.25) is 0 Å². The molecule has 0 fully saturated rings. The molecule has 17 heavy (non-hydrogen) atoms. The fourth-order valence-corrected chi connectivity index (χ4v) is 1.67. The Balaban J connectivity index is 3.29. The zero-order chi connectivity index (χ0) is 13.0. The zero-order valence-corrected chi connectivity index (χ0v) is 10.1. The number of benzene rings is 1. The van der Waals surface area contributed by atoms with E-state index < -0.39 is 11.9 Å². The van der Waals surface area contributed by atoms with Crippen LogP contribution in [-0.4, -0.2) is 30.4 Å². The van der Waals surface area contributed by atoms with Crippen LogP contribution in [0.15, 0.2) is 12.1 Å². The molecule has 94 valence electrons. The number of carbonyl (C=O) groups is 1. The summed E-state index contributed by atoms with van der Waals surface area (Å²) in [7, 11) is 2.81. The molecule has 0 unspecified atom stereocenters. The summed E-state index contributed by atoms with van der Waals surface area (Å²) in [4.78, 5) is 11.1. The number of rotatable bonds is 5. The average molecular weight is 240 g/mol. The lowest BCUT2D eigenvalue weighted by Crippen LogP contribution is -2.10. The molecule has 5 nitrogen and oxygen atoms in total. The summed E-state index contributed by atoms with van der Waals surface area (Å²) in [5.41, 5.74) is 0.548. The van der Waals surface area contributed by atoms with Crippen LogP contribution in [-0.2, 0) is 4.79 Å². The number of carboxylic acid groups (broad SMARTS) is 1. The molecule has 0 aliphatic carbocycles. The lowest BCUT2D eigenvalue weighted by Gasteiger charge is -2.15. The van der Waals surface area contributed by atoms with Gasteiger partial charge in [0.2, 0.25) is 5.75 Å². The van der Waals surface area contributed by atoms with Gasteiger partial charge in [-0.05, 0) is 24.1 Å². The lowest BCUT2D eigenvalue weighted by molar-refractivity contribution is -0.138. The second kappa shape index (κ2) is 5.43. The summed E-state index contributed by atoms with van der Waals surface area (Å²) >= 11 is 0. The van der Waals surface area contributed by atoms with E-state index in [0.29, 0.717) is 12.0 Å². The average Bonchev–Trinajstić information content (AvgIpc) is 2.31. The van der Waals surface area contributed by atoms with Crippen LogP contribution in [0.4, 0.5) is 0 Å². The van der Waals surface area contributed by atoms with E-state index >= 15 is 0 Å². The van der Waals surface area contributed by atoms with Crippen molar-refractivity contribution in [1.82, 2.24) is 0 Å². The predicted molar refractivity (Wildman–Crippen MR) is 61.9 cm³/mol. The van der Waals surface area contributed by atoms with Gasteiger partial charge < -0.3 is 19.7 Å². The highest BCUT2D eigenvalue weighted by Gasteiger charge is 2.21. The Kier molecular flexibility index (Phi) is 4.20. The molecule has 2 N–H and O–H groups in total. The van der Waals surface area contributed by atoms with Crippen molar-refractivity contribution in [2.45, 2.75) is 19.3 Å². The van der Waals surface area contributed by atoms with Gasteiger partial charge in [-0.25, -0.2) is 0 Å². The normalized spacial score (nSPS) is 11.9. The Labute approximate surface area is 99.6 Å². The highest BCUT2D eigenvalue weighted by molar-refractivity contribution is 5.77. The fraction of sp³-hybridized carbons (Fsp3) is 0.417. The molecular formula is C12H16O5. The van der Waals surface area contributed by atoms with Gasteiger partial charge >= 0.3 is 5.97 Å². The van der Waals surface area contributed by atoms with Gasteiger partial charge in [0, 0.05) is 0 Å². The first-order valence-electron chi connectivity index (χ1n) is 5.22. The van der Waals surface area contributed by atoms with Crippen molar-refractivity contribution in [3.8, 4) is 17.2 Å². The molecule has 1 aromatic carbocycles. The van der Waals surface area contributed by atoms with Crippen molar-refractivity contribution in [2.24, 2.45) is 0 Å². The molecule has 1 rings (SSSR count). The standard InChI is InChI=1S/C12H16O5/c1-4-8(12(14)15)7-5-9(16-2)11(13)10(6-7)17-3/h5-6,8,13H,4H2,1-3H3,(H,14,15)/t8-/m0/s1. The number of phenols is 1. The first-order valence-corrected chi connectivity index (χ1v) is 5.22. The SMILES string of the molecule is CC[C@H](C(=O)O)c1cc(OC)c(O)c(OC)c1. The van der Waals surface area contributed by atoms with Gasteiger partial charge in [0.05, 0.1) is 20.1 Å². The quantitative estimate of drug-likeness (QED) is 0.823. The van der Waals surface area contributed by atoms with E-state index in [1.165, 1.54) is 26.4 Å². The van der Waals surface area contributed by atoms with Crippen molar-refractivity contribution < 1.29 is 24.5 Å². The zero-order valence-electron chi connectivity index (χ0n) is 10.1. The van der Waals surface area contributed by atoms with E-state index in [2.05, 4.69) is 0 Å². The summed E-state index contributed by atoms with van der Waals surface area (Å²) in [6, 6.07) is 3.03. The molecule has 0 saturated heterocycles. The Morgan fingerprint density at radius 1 is 1.29 bits per heavy atom. The lowest BCUT2D eigenvalue weighted by atomic mass is 9.96. The maximum atomic E-state index is 11.1. The van der Waals surface area contributed by atoms with E-state index in [9.17, 15) is 9.90 Å². The second-order valence-electron chi connectivity index (χ2n) is 3.57. The third-order valence-corrected chi connectivity index (χ3v) is 2.61. The Hall–Kier alpha value is -1.91. The third kappa shape index (κ3) is 2.61. The molecule has 0 radical (unpaired) electrons. The number of hydrogen-bond donors (Lipinski definition) is 2. The van der Waals surface area contributed by atoms with E-state index in [1.54, 1.807) is 6.92 Å². The van der Waals surface area contributed by atoms with E-state index in [4.69, 9.17) is 14.6 Å². The largest absolute Gasteiger partial charge is 0.502 e. The number of carboxylic acids is 1. The first kappa shape index (κ1) is 13.2. The van der Waals surface area contributed by atoms with Crippen molar-refractivity contribution in [3.63, 3.8) is 0 Å². The molecule has 0 heterocycles. The topological polar surface area (TPSA) is 76.0 Å². The van der Waals surface area contributed by atoms with Gasteiger partial charge in [-0.1, -0.05) is 6.92 Å². The minimum atomic E-state index is -0.915. The molecular weight excluding hydrogens is 224 g/mol. The van der Waals surface area contributed by atoms with Crippen LogP contribution >= 0.6 is 0 Å². The number of phenolic OH excluding ortho intramolecular Hbond substituents is 1. The second-order valence-corrected chi connectivity index (χ2v) is 3.57. The molecule has 0 aliphatic heterocycles. The Morgan fingerprint density at radius 2 is 1.76 bits per heavy atom. The minimum absolute atomic E-state index is 0.126. The van der Waals surface area contributed by atoms with Crippen LogP contribution in [0.5, 0.6) is 17.2 Å². The van der Waals surface area contributed by atoms with Crippen molar-refractivity contribution >= 4 is 5.97 Å². The summed E-state index contributed by atoms with van der Waals surface area (Å²) in [5.74, 6) is -1.27. The number of ether oxygens (including phenoxy) is 2. The van der Waals surface area contributed by atoms with Crippen LogP contribution in [0.1, 0.15) is 24.8 Å². The van der Waals surface area contributed by atoms with Crippen LogP contribution < -0.4 is 9.47 Å². The molecule has 0 aromatic heterocycles. The van der Waals surface area contributed by atoms with Gasteiger partial charge in [-0.2, -0.15) is 0 Å². The fourth-order valence-electron chi connectivity index (χ4n) is 1.67. The molecule has 0 aliphatic rings. The third-order valence-electron chi connectivity index (χ3n) is 2.61. The summed E-state index contributed by atoms with van der Waals surface area (Å²) < 4.78 is 9.96. The molecule has 0 spiro atoms. The van der Waals surface area contributed by atoms with Gasteiger partial charge in [0.1, 0.15) is 0 Å². The number of aromatic hydroxyl groups is 1. The molecule has 0 amide bonds. The molecule has 1 atom stereocenters. The number of aliphatic carboxylic acids is 1. The van der Waals surface area contributed by atoms with Crippen LogP contribution in [0.3, 0.4) is 0 Å². The highest BCUT2D eigenvalue weighted by Crippen LogP contribution is 2.39. The predicted octanol–water partition coefficient (Wildman–Crippen LogP) is 1.99. The summed E-state index contributed by atoms with van der Waals surface area (Å²) in [5, 5.41) is 18.8. The monoisotopic (exact) mass is 240 g/mol. The van der Waals surface area contributed by atoms with Gasteiger partial charge in [0.15, 0.2) is 11.5 Å². The van der Waals surface area contributed by atoms with Crippen molar-refractivity contribution in [1.29, 1.82) is 0 Å². The minimum Gasteiger partial charge on any atom is -0.502 e. The molecule has 0 saturated carbocycles. The number of hydrogen-bond acceptors (Lipinski definition) is 4. The van der Waals surface area contributed by atoms with E-state index in [0.717, 1.165) is 0 Å². The maximum Gasteiger partial charge on any atom is 0.310 e. The van der Waals surface area contributed by atoms with Crippen molar-refractivity contribution in [2.75, 3.05) is 14.2 Å². The molecule has 5 heteroatoms. The van der Waals surface area contributed by atoms with Gasteiger partial charge in [-0.3, -0.25) is 4.79 Å². The van der Waals surface area contributed by atoms with Crippen LogP contribution in [0.25, 0.3) is 0 Å². The molecule has 1 aromatic rings. The van der Waals surface area contributed by atoms with Gasteiger partial charge in [0.25, 0.3) is 0 Å². The number of methoxy groups -OCH3 is 2. The molecule has 0 bridgehead atoms. The van der Waals surface area contributed by atoms with E-state index in [-0.39, 0.29) is 17.2 Å². The Morgan fingerprint density at radius 3 is 2.06 bits per heavy atom. The smallest absolute Gasteiger partial charge is 0.310 e. The van der Waals surface area contributed by atoms with Crippen LogP contribution in [0, 0.1) is 0 Å². The maximum absolute atomic E-state index is 11.1. The van der Waals surface area contributed by atoms with Gasteiger partial charge in [-0.15, -0.1) is 0 Å². The summed E-state index contributed by atoms with van der Waals surface area (Å²) in [6.45, 7) is 1.78. The van der Waals surface area contributed by atoms with E-state index in [1.807, 2.05) is 0 Å². The highest BCUT2D eigenvalue weighted by atomic mass is 16.5.